The van der Waals surface area contributed by atoms with Crippen LogP contribution in [0.3, 0.4) is 0 Å². The summed E-state index contributed by atoms with van der Waals surface area (Å²) in [5.41, 5.74) is 3.26. The molecule has 7 heteroatoms. The highest BCUT2D eigenvalue weighted by molar-refractivity contribution is 5.79. The highest BCUT2D eigenvalue weighted by atomic mass is 16.5. The Morgan fingerprint density at radius 1 is 0.871 bits per heavy atom. The second-order valence-corrected chi connectivity index (χ2v) is 7.70. The fourth-order valence-electron chi connectivity index (χ4n) is 3.61. The molecule has 0 bridgehead atoms. The Bertz CT molecular complexity index is 890. The number of urea groups is 1. The Hall–Kier alpha value is -3.22. The van der Waals surface area contributed by atoms with Crippen molar-refractivity contribution in [2.45, 2.75) is 19.8 Å². The molecule has 0 radical (unpaired) electrons. The van der Waals surface area contributed by atoms with Gasteiger partial charge >= 0.3 is 6.03 Å². The third-order valence-electron chi connectivity index (χ3n) is 5.53. The molecule has 3 amide bonds. The van der Waals surface area contributed by atoms with Crippen molar-refractivity contribution < 1.29 is 19.1 Å². The van der Waals surface area contributed by atoms with Crippen molar-refractivity contribution in [3.63, 3.8) is 0 Å². The van der Waals surface area contributed by atoms with E-state index in [-0.39, 0.29) is 11.9 Å². The predicted molar refractivity (Wildman–Crippen MR) is 120 cm³/mol. The Labute approximate surface area is 183 Å². The topological polar surface area (TPSA) is 71.1 Å². The van der Waals surface area contributed by atoms with E-state index in [9.17, 15) is 9.59 Å². The molecular formula is C24H31N3O4. The number of hydrogen-bond donors (Lipinski definition) is 1. The zero-order chi connectivity index (χ0) is 22.2. The summed E-state index contributed by atoms with van der Waals surface area (Å²) in [6.07, 6.45) is 1.10. The van der Waals surface area contributed by atoms with E-state index in [2.05, 4.69) is 5.32 Å². The van der Waals surface area contributed by atoms with E-state index in [0.717, 1.165) is 11.1 Å². The molecule has 1 N–H and O–H groups in total. The van der Waals surface area contributed by atoms with Gasteiger partial charge in [0, 0.05) is 32.7 Å². The van der Waals surface area contributed by atoms with Gasteiger partial charge in [-0.05, 0) is 36.6 Å². The van der Waals surface area contributed by atoms with Crippen LogP contribution in [0.15, 0.2) is 42.5 Å². The number of carbonyl (C=O) groups excluding carboxylic acids is 2. The number of nitrogens with zero attached hydrogens (tertiary/aromatic N) is 2. The minimum absolute atomic E-state index is 0.0916. The van der Waals surface area contributed by atoms with Gasteiger partial charge in [-0.2, -0.15) is 0 Å². The van der Waals surface area contributed by atoms with Crippen LogP contribution < -0.4 is 14.8 Å². The van der Waals surface area contributed by atoms with Gasteiger partial charge in [0.1, 0.15) is 0 Å². The van der Waals surface area contributed by atoms with Crippen molar-refractivity contribution in [3.8, 4) is 11.5 Å². The highest BCUT2D eigenvalue weighted by Crippen LogP contribution is 2.27. The van der Waals surface area contributed by atoms with Gasteiger partial charge in [0.25, 0.3) is 0 Å². The minimum atomic E-state index is -0.0916. The first-order valence-corrected chi connectivity index (χ1v) is 10.6. The lowest BCUT2D eigenvalue weighted by atomic mass is 10.1. The van der Waals surface area contributed by atoms with Gasteiger partial charge in [-0.3, -0.25) is 4.79 Å². The summed E-state index contributed by atoms with van der Waals surface area (Å²) < 4.78 is 10.6. The number of methoxy groups -OCH3 is 2. The normalized spacial score (nSPS) is 13.6. The number of aryl methyl sites for hydroxylation is 1. The van der Waals surface area contributed by atoms with Crippen LogP contribution in [0.1, 0.15) is 16.7 Å². The van der Waals surface area contributed by atoms with Crippen molar-refractivity contribution >= 4 is 11.9 Å². The van der Waals surface area contributed by atoms with E-state index in [1.54, 1.807) is 19.1 Å². The van der Waals surface area contributed by atoms with Gasteiger partial charge in [0.2, 0.25) is 5.91 Å². The SMILES string of the molecule is COc1ccc(CCNC(=O)N2CCN(C(=O)Cc3ccc(C)cc3)CC2)cc1OC. The van der Waals surface area contributed by atoms with Crippen LogP contribution in [0, 0.1) is 6.92 Å². The second-order valence-electron chi connectivity index (χ2n) is 7.70. The number of benzene rings is 2. The van der Waals surface area contributed by atoms with Gasteiger partial charge in [-0.25, -0.2) is 4.79 Å². The summed E-state index contributed by atoms with van der Waals surface area (Å²) in [5.74, 6) is 1.47. The van der Waals surface area contributed by atoms with Crippen molar-refractivity contribution in [1.82, 2.24) is 15.1 Å². The summed E-state index contributed by atoms with van der Waals surface area (Å²) in [6.45, 7) is 4.77. The monoisotopic (exact) mass is 425 g/mol. The first-order chi connectivity index (χ1) is 15.0. The molecule has 1 saturated heterocycles. The molecule has 0 unspecified atom stereocenters. The first kappa shape index (κ1) is 22.5. The van der Waals surface area contributed by atoms with Crippen molar-refractivity contribution in [2.24, 2.45) is 0 Å². The van der Waals surface area contributed by atoms with E-state index < -0.39 is 0 Å². The van der Waals surface area contributed by atoms with Gasteiger partial charge in [-0.15, -0.1) is 0 Å². The van der Waals surface area contributed by atoms with Crippen LogP contribution in [-0.4, -0.2) is 68.7 Å². The first-order valence-electron chi connectivity index (χ1n) is 10.6. The summed E-state index contributed by atoms with van der Waals surface area (Å²) in [6, 6.07) is 13.7. The second kappa shape index (κ2) is 10.7. The third kappa shape index (κ3) is 6.13. The van der Waals surface area contributed by atoms with E-state index in [1.165, 1.54) is 5.56 Å². The lowest BCUT2D eigenvalue weighted by Gasteiger charge is -2.34. The number of carbonyl (C=O) groups is 2. The fraction of sp³-hybridized carbons (Fsp3) is 0.417. The molecule has 7 nitrogen and oxygen atoms in total. The maximum Gasteiger partial charge on any atom is 0.317 e. The van der Waals surface area contributed by atoms with Crippen LogP contribution in [0.25, 0.3) is 0 Å². The standard InChI is InChI=1S/C24H31N3O4/c1-18-4-6-19(7-5-18)17-23(28)26-12-14-27(15-13-26)24(29)25-11-10-20-8-9-21(30-2)22(16-20)31-3/h4-9,16H,10-15,17H2,1-3H3,(H,25,29). The summed E-state index contributed by atoms with van der Waals surface area (Å²) in [7, 11) is 3.21. The Morgan fingerprint density at radius 2 is 1.48 bits per heavy atom. The maximum absolute atomic E-state index is 12.5. The molecule has 166 valence electrons. The summed E-state index contributed by atoms with van der Waals surface area (Å²) in [5, 5.41) is 2.97. The number of nitrogens with one attached hydrogen (secondary N) is 1. The zero-order valence-corrected chi connectivity index (χ0v) is 18.5. The van der Waals surface area contributed by atoms with Gasteiger partial charge in [-0.1, -0.05) is 35.9 Å². The molecule has 0 atom stereocenters. The van der Waals surface area contributed by atoms with Crippen molar-refractivity contribution in [3.05, 3.63) is 59.2 Å². The number of hydrogen-bond acceptors (Lipinski definition) is 4. The number of amides is 3. The number of ether oxygens (including phenoxy) is 2. The average Bonchev–Trinajstić information content (AvgIpc) is 2.80. The molecule has 1 aliphatic heterocycles. The predicted octanol–water partition coefficient (Wildman–Crippen LogP) is 2.65. The number of rotatable bonds is 7. The van der Waals surface area contributed by atoms with Crippen LogP contribution in [0.5, 0.6) is 11.5 Å². The van der Waals surface area contributed by atoms with E-state index in [1.807, 2.05) is 54.3 Å². The Balaban J connectivity index is 1.41. The molecule has 2 aromatic rings. The molecule has 3 rings (SSSR count). The van der Waals surface area contributed by atoms with Gasteiger partial charge in [0.15, 0.2) is 11.5 Å². The summed E-state index contributed by atoms with van der Waals surface area (Å²) in [4.78, 5) is 28.6. The van der Waals surface area contributed by atoms with Gasteiger partial charge in [0.05, 0.1) is 20.6 Å². The maximum atomic E-state index is 12.5. The molecule has 0 spiro atoms. The van der Waals surface area contributed by atoms with Crippen molar-refractivity contribution in [2.75, 3.05) is 46.9 Å². The van der Waals surface area contributed by atoms with E-state index in [0.29, 0.717) is 57.1 Å². The van der Waals surface area contributed by atoms with Crippen LogP contribution in [0.2, 0.25) is 0 Å². The average molecular weight is 426 g/mol. The molecule has 1 fully saturated rings. The molecule has 0 aromatic heterocycles. The quantitative estimate of drug-likeness (QED) is 0.740. The van der Waals surface area contributed by atoms with E-state index in [4.69, 9.17) is 9.47 Å². The molecule has 0 saturated carbocycles. The smallest absolute Gasteiger partial charge is 0.317 e. The Morgan fingerprint density at radius 3 is 2.13 bits per heavy atom. The fourth-order valence-corrected chi connectivity index (χ4v) is 3.61. The highest BCUT2D eigenvalue weighted by Gasteiger charge is 2.24. The molecule has 2 aromatic carbocycles. The van der Waals surface area contributed by atoms with Gasteiger partial charge < -0.3 is 24.6 Å². The Kier molecular flexibility index (Phi) is 7.76. The molecule has 1 aliphatic rings. The number of piperazine rings is 1. The minimum Gasteiger partial charge on any atom is -0.493 e. The summed E-state index contributed by atoms with van der Waals surface area (Å²) >= 11 is 0. The van der Waals surface area contributed by atoms with Crippen LogP contribution in [-0.2, 0) is 17.6 Å². The van der Waals surface area contributed by atoms with Crippen LogP contribution in [0.4, 0.5) is 4.79 Å². The largest absolute Gasteiger partial charge is 0.493 e. The molecule has 1 heterocycles. The lowest BCUT2D eigenvalue weighted by molar-refractivity contribution is -0.131. The lowest BCUT2D eigenvalue weighted by Crippen LogP contribution is -2.53. The van der Waals surface area contributed by atoms with E-state index >= 15 is 0 Å². The molecular weight excluding hydrogens is 394 g/mol. The molecule has 0 aliphatic carbocycles. The molecule has 31 heavy (non-hydrogen) atoms. The third-order valence-corrected chi connectivity index (χ3v) is 5.53. The van der Waals surface area contributed by atoms with Crippen LogP contribution >= 0.6 is 0 Å². The van der Waals surface area contributed by atoms with Crippen molar-refractivity contribution in [1.29, 1.82) is 0 Å². The zero-order valence-electron chi connectivity index (χ0n) is 18.5.